The van der Waals surface area contributed by atoms with Crippen LogP contribution in [0, 0.1) is 5.82 Å². The summed E-state index contributed by atoms with van der Waals surface area (Å²) in [6.07, 6.45) is 0. The third-order valence-electron chi connectivity index (χ3n) is 3.29. The molecule has 0 aliphatic heterocycles. The SMILES string of the molecule is O=C(O)c1cc(NC(=O)c2ccccc2F)n(-c2ccccc2)n1. The lowest BCUT2D eigenvalue weighted by Crippen LogP contribution is -2.16. The van der Waals surface area contributed by atoms with Crippen LogP contribution in [0.15, 0.2) is 60.7 Å². The maximum absolute atomic E-state index is 13.7. The molecule has 0 spiro atoms. The van der Waals surface area contributed by atoms with Gasteiger partial charge in [0.25, 0.3) is 5.91 Å². The summed E-state index contributed by atoms with van der Waals surface area (Å²) in [4.78, 5) is 23.4. The third-order valence-corrected chi connectivity index (χ3v) is 3.29. The van der Waals surface area contributed by atoms with Crippen molar-refractivity contribution in [2.75, 3.05) is 5.32 Å². The van der Waals surface area contributed by atoms with Crippen LogP contribution < -0.4 is 5.32 Å². The van der Waals surface area contributed by atoms with Gasteiger partial charge in [-0.25, -0.2) is 13.9 Å². The van der Waals surface area contributed by atoms with Gasteiger partial charge in [-0.2, -0.15) is 5.10 Å². The Morgan fingerprint density at radius 2 is 1.71 bits per heavy atom. The van der Waals surface area contributed by atoms with Crippen LogP contribution >= 0.6 is 0 Å². The Labute approximate surface area is 136 Å². The molecule has 120 valence electrons. The van der Waals surface area contributed by atoms with Gasteiger partial charge < -0.3 is 10.4 Å². The standard InChI is InChI=1S/C17H12FN3O3/c18-13-9-5-4-8-12(13)16(22)19-15-10-14(17(23)24)20-21(15)11-6-2-1-3-7-11/h1-10H,(H,19,22)(H,23,24). The van der Waals surface area contributed by atoms with Crippen LogP contribution in [-0.4, -0.2) is 26.8 Å². The topological polar surface area (TPSA) is 84.2 Å². The van der Waals surface area contributed by atoms with E-state index in [4.69, 9.17) is 5.11 Å². The first-order valence-electron chi connectivity index (χ1n) is 7.01. The molecule has 2 aromatic carbocycles. The fourth-order valence-corrected chi connectivity index (χ4v) is 2.17. The maximum Gasteiger partial charge on any atom is 0.356 e. The average molecular weight is 325 g/mol. The zero-order valence-corrected chi connectivity index (χ0v) is 12.3. The Morgan fingerprint density at radius 3 is 2.38 bits per heavy atom. The van der Waals surface area contributed by atoms with Gasteiger partial charge >= 0.3 is 5.97 Å². The molecular weight excluding hydrogens is 313 g/mol. The largest absolute Gasteiger partial charge is 0.476 e. The number of amides is 1. The molecule has 7 heteroatoms. The Kier molecular flexibility index (Phi) is 4.07. The van der Waals surface area contributed by atoms with E-state index in [1.807, 2.05) is 0 Å². The first kappa shape index (κ1) is 15.4. The van der Waals surface area contributed by atoms with Crippen LogP contribution in [0.2, 0.25) is 0 Å². The number of nitrogens with one attached hydrogen (secondary N) is 1. The van der Waals surface area contributed by atoms with Gasteiger partial charge in [-0.15, -0.1) is 0 Å². The monoisotopic (exact) mass is 325 g/mol. The summed E-state index contributed by atoms with van der Waals surface area (Å²) in [6, 6.07) is 15.4. The predicted octanol–water partition coefficient (Wildman–Crippen LogP) is 2.96. The molecule has 2 N–H and O–H groups in total. The van der Waals surface area contributed by atoms with Crippen molar-refractivity contribution < 1.29 is 19.1 Å². The lowest BCUT2D eigenvalue weighted by atomic mass is 10.2. The van der Waals surface area contributed by atoms with E-state index in [9.17, 15) is 14.0 Å². The highest BCUT2D eigenvalue weighted by Crippen LogP contribution is 2.19. The van der Waals surface area contributed by atoms with E-state index >= 15 is 0 Å². The molecule has 1 amide bonds. The van der Waals surface area contributed by atoms with Crippen LogP contribution in [0.3, 0.4) is 0 Å². The Morgan fingerprint density at radius 1 is 1.04 bits per heavy atom. The van der Waals surface area contributed by atoms with Gasteiger partial charge in [0.05, 0.1) is 11.3 Å². The predicted molar refractivity (Wildman–Crippen MR) is 84.9 cm³/mol. The zero-order valence-electron chi connectivity index (χ0n) is 12.3. The number of carboxylic acid groups (broad SMARTS) is 1. The molecule has 0 atom stereocenters. The number of carbonyl (C=O) groups is 2. The molecule has 0 unspecified atom stereocenters. The van der Waals surface area contributed by atoms with E-state index in [0.717, 1.165) is 0 Å². The van der Waals surface area contributed by atoms with Crippen molar-refractivity contribution in [1.82, 2.24) is 9.78 Å². The molecule has 1 aromatic heterocycles. The molecule has 1 heterocycles. The van der Waals surface area contributed by atoms with E-state index in [0.29, 0.717) is 5.69 Å². The number of anilines is 1. The quantitative estimate of drug-likeness (QED) is 0.772. The van der Waals surface area contributed by atoms with Crippen molar-refractivity contribution in [2.45, 2.75) is 0 Å². The van der Waals surface area contributed by atoms with Crippen molar-refractivity contribution in [3.63, 3.8) is 0 Å². The summed E-state index contributed by atoms with van der Waals surface area (Å²) in [5.41, 5.74) is 0.187. The molecule has 0 fully saturated rings. The third kappa shape index (κ3) is 3.00. The highest BCUT2D eigenvalue weighted by atomic mass is 19.1. The average Bonchev–Trinajstić information content (AvgIpc) is 3.00. The van der Waals surface area contributed by atoms with Gasteiger partial charge in [0.1, 0.15) is 11.6 Å². The van der Waals surface area contributed by atoms with E-state index in [2.05, 4.69) is 10.4 Å². The molecule has 0 aliphatic rings. The molecule has 0 radical (unpaired) electrons. The number of aromatic nitrogens is 2. The molecular formula is C17H12FN3O3. The van der Waals surface area contributed by atoms with Crippen molar-refractivity contribution in [2.24, 2.45) is 0 Å². The number of para-hydroxylation sites is 1. The van der Waals surface area contributed by atoms with Crippen LogP contribution in [0.25, 0.3) is 5.69 Å². The fraction of sp³-hybridized carbons (Fsp3) is 0. The minimum Gasteiger partial charge on any atom is -0.476 e. The summed E-state index contributed by atoms with van der Waals surface area (Å²) in [7, 11) is 0. The molecule has 0 bridgehead atoms. The Balaban J connectivity index is 2.00. The number of carboxylic acids is 1. The maximum atomic E-state index is 13.7. The van der Waals surface area contributed by atoms with Gasteiger partial charge in [-0.05, 0) is 24.3 Å². The highest BCUT2D eigenvalue weighted by molar-refractivity contribution is 6.04. The van der Waals surface area contributed by atoms with Gasteiger partial charge in [0.2, 0.25) is 0 Å². The van der Waals surface area contributed by atoms with Gasteiger partial charge in [-0.3, -0.25) is 4.79 Å². The number of carbonyl (C=O) groups excluding carboxylic acids is 1. The van der Waals surface area contributed by atoms with E-state index in [1.165, 1.54) is 35.0 Å². The molecule has 3 rings (SSSR count). The van der Waals surface area contributed by atoms with Crippen molar-refractivity contribution >= 4 is 17.7 Å². The van der Waals surface area contributed by atoms with E-state index in [1.54, 1.807) is 30.3 Å². The summed E-state index contributed by atoms with van der Waals surface area (Å²) in [6.45, 7) is 0. The van der Waals surface area contributed by atoms with Gasteiger partial charge in [0, 0.05) is 6.07 Å². The molecule has 6 nitrogen and oxygen atoms in total. The summed E-state index contributed by atoms with van der Waals surface area (Å²) in [5, 5.41) is 15.6. The number of halogens is 1. The minimum atomic E-state index is -1.23. The van der Waals surface area contributed by atoms with Gasteiger partial charge in [-0.1, -0.05) is 30.3 Å². The first-order valence-corrected chi connectivity index (χ1v) is 7.01. The summed E-state index contributed by atoms with van der Waals surface area (Å²) in [5.74, 6) is -2.46. The first-order chi connectivity index (χ1) is 11.6. The van der Waals surface area contributed by atoms with Crippen LogP contribution in [0.4, 0.5) is 10.2 Å². The number of rotatable bonds is 4. The van der Waals surface area contributed by atoms with Crippen LogP contribution in [-0.2, 0) is 0 Å². The number of benzene rings is 2. The lowest BCUT2D eigenvalue weighted by Gasteiger charge is -2.09. The molecule has 3 aromatic rings. The number of hydrogen-bond acceptors (Lipinski definition) is 3. The van der Waals surface area contributed by atoms with Crippen molar-refractivity contribution in [3.05, 3.63) is 77.7 Å². The Hall–Kier alpha value is -3.48. The summed E-state index contributed by atoms with van der Waals surface area (Å²) < 4.78 is 15.0. The van der Waals surface area contributed by atoms with Gasteiger partial charge in [0.15, 0.2) is 5.69 Å². The fourth-order valence-electron chi connectivity index (χ4n) is 2.17. The molecule has 24 heavy (non-hydrogen) atoms. The molecule has 0 saturated heterocycles. The lowest BCUT2D eigenvalue weighted by molar-refractivity contribution is 0.0689. The second-order valence-electron chi connectivity index (χ2n) is 4.90. The Bertz CT molecular complexity index is 906. The van der Waals surface area contributed by atoms with E-state index in [-0.39, 0.29) is 17.1 Å². The normalized spacial score (nSPS) is 10.4. The molecule has 0 aliphatic carbocycles. The number of hydrogen-bond donors (Lipinski definition) is 2. The smallest absolute Gasteiger partial charge is 0.356 e. The second-order valence-corrected chi connectivity index (χ2v) is 4.90. The number of nitrogens with zero attached hydrogens (tertiary/aromatic N) is 2. The zero-order chi connectivity index (χ0) is 17.1. The van der Waals surface area contributed by atoms with Crippen LogP contribution in [0.1, 0.15) is 20.8 Å². The highest BCUT2D eigenvalue weighted by Gasteiger charge is 2.18. The van der Waals surface area contributed by atoms with Crippen molar-refractivity contribution in [1.29, 1.82) is 0 Å². The van der Waals surface area contributed by atoms with Crippen molar-refractivity contribution in [3.8, 4) is 5.69 Å². The second kappa shape index (κ2) is 6.33. The molecule has 0 saturated carbocycles. The summed E-state index contributed by atoms with van der Waals surface area (Å²) >= 11 is 0. The van der Waals surface area contributed by atoms with E-state index < -0.39 is 17.7 Å². The minimum absolute atomic E-state index is 0.131. The van der Waals surface area contributed by atoms with Crippen LogP contribution in [0.5, 0.6) is 0 Å². The number of aromatic carboxylic acids is 1.